The molecule has 0 unspecified atom stereocenters. The van der Waals surface area contributed by atoms with E-state index in [9.17, 15) is 9.59 Å². The van der Waals surface area contributed by atoms with Crippen LogP contribution in [0.4, 0.5) is 0 Å². The molecule has 0 fully saturated rings. The molecule has 0 aliphatic rings. The zero-order chi connectivity index (χ0) is 18.2. The van der Waals surface area contributed by atoms with Crippen molar-refractivity contribution in [3.05, 3.63) is 59.2 Å². The molecular formula is C19H21NO5. The number of amides is 1. The van der Waals surface area contributed by atoms with Crippen molar-refractivity contribution in [3.63, 3.8) is 0 Å². The SMILES string of the molecule is COc1cccc(CNC(=O)COC(=O)c2ccc(OC)cc2C)c1. The van der Waals surface area contributed by atoms with Gasteiger partial charge in [-0.05, 0) is 48.4 Å². The van der Waals surface area contributed by atoms with Crippen molar-refractivity contribution < 1.29 is 23.8 Å². The molecule has 0 saturated heterocycles. The van der Waals surface area contributed by atoms with Crippen molar-refractivity contribution in [1.29, 1.82) is 0 Å². The molecule has 0 saturated carbocycles. The fraction of sp³-hybridized carbons (Fsp3) is 0.263. The van der Waals surface area contributed by atoms with Gasteiger partial charge in [0.25, 0.3) is 5.91 Å². The number of ether oxygens (including phenoxy) is 3. The lowest BCUT2D eigenvalue weighted by molar-refractivity contribution is -0.124. The second-order valence-electron chi connectivity index (χ2n) is 5.39. The van der Waals surface area contributed by atoms with Crippen LogP contribution in [0.25, 0.3) is 0 Å². The number of benzene rings is 2. The summed E-state index contributed by atoms with van der Waals surface area (Å²) in [5, 5.41) is 2.70. The van der Waals surface area contributed by atoms with Crippen LogP contribution in [0.15, 0.2) is 42.5 Å². The number of carbonyl (C=O) groups is 2. The van der Waals surface area contributed by atoms with E-state index in [1.807, 2.05) is 24.3 Å². The minimum absolute atomic E-state index is 0.329. The summed E-state index contributed by atoms with van der Waals surface area (Å²) in [6, 6.07) is 12.4. The van der Waals surface area contributed by atoms with Gasteiger partial charge in [0.2, 0.25) is 0 Å². The van der Waals surface area contributed by atoms with Gasteiger partial charge in [0.15, 0.2) is 6.61 Å². The van der Waals surface area contributed by atoms with Gasteiger partial charge in [0.1, 0.15) is 11.5 Å². The molecule has 1 N–H and O–H groups in total. The van der Waals surface area contributed by atoms with Crippen LogP contribution in [0.5, 0.6) is 11.5 Å². The maximum absolute atomic E-state index is 12.1. The lowest BCUT2D eigenvalue weighted by Crippen LogP contribution is -2.28. The lowest BCUT2D eigenvalue weighted by Gasteiger charge is -2.09. The maximum Gasteiger partial charge on any atom is 0.338 e. The smallest absolute Gasteiger partial charge is 0.338 e. The van der Waals surface area contributed by atoms with Crippen molar-refractivity contribution in [2.24, 2.45) is 0 Å². The second kappa shape index (κ2) is 8.73. The Labute approximate surface area is 146 Å². The van der Waals surface area contributed by atoms with Gasteiger partial charge in [0, 0.05) is 6.54 Å². The molecule has 25 heavy (non-hydrogen) atoms. The summed E-state index contributed by atoms with van der Waals surface area (Å²) in [6.45, 7) is 1.77. The molecule has 0 spiro atoms. The summed E-state index contributed by atoms with van der Waals surface area (Å²) in [5.41, 5.74) is 2.02. The molecule has 6 nitrogen and oxygen atoms in total. The van der Waals surface area contributed by atoms with Crippen LogP contribution in [0.3, 0.4) is 0 Å². The van der Waals surface area contributed by atoms with E-state index in [2.05, 4.69) is 5.32 Å². The quantitative estimate of drug-likeness (QED) is 0.782. The highest BCUT2D eigenvalue weighted by molar-refractivity contribution is 5.92. The number of methoxy groups -OCH3 is 2. The number of aryl methyl sites for hydroxylation is 1. The molecule has 0 bridgehead atoms. The number of hydrogen-bond donors (Lipinski definition) is 1. The molecule has 0 aliphatic carbocycles. The molecule has 2 aromatic carbocycles. The van der Waals surface area contributed by atoms with Crippen LogP contribution in [0.1, 0.15) is 21.5 Å². The zero-order valence-corrected chi connectivity index (χ0v) is 14.5. The van der Waals surface area contributed by atoms with Crippen LogP contribution in [-0.4, -0.2) is 32.7 Å². The predicted octanol–water partition coefficient (Wildman–Crippen LogP) is 2.49. The second-order valence-corrected chi connectivity index (χ2v) is 5.39. The number of esters is 1. The van der Waals surface area contributed by atoms with E-state index in [4.69, 9.17) is 14.2 Å². The van der Waals surface area contributed by atoms with Gasteiger partial charge in [0.05, 0.1) is 19.8 Å². The molecule has 0 atom stereocenters. The van der Waals surface area contributed by atoms with Crippen molar-refractivity contribution in [2.45, 2.75) is 13.5 Å². The fourth-order valence-corrected chi connectivity index (χ4v) is 2.24. The van der Waals surface area contributed by atoms with E-state index in [-0.39, 0.29) is 12.5 Å². The molecular weight excluding hydrogens is 322 g/mol. The highest BCUT2D eigenvalue weighted by Gasteiger charge is 2.13. The van der Waals surface area contributed by atoms with Crippen LogP contribution in [0, 0.1) is 6.92 Å². The van der Waals surface area contributed by atoms with E-state index in [0.717, 1.165) is 11.1 Å². The Morgan fingerprint density at radius 3 is 2.40 bits per heavy atom. The van der Waals surface area contributed by atoms with Crippen molar-refractivity contribution in [3.8, 4) is 11.5 Å². The van der Waals surface area contributed by atoms with Gasteiger partial charge >= 0.3 is 5.97 Å². The Morgan fingerprint density at radius 1 is 1.00 bits per heavy atom. The maximum atomic E-state index is 12.1. The molecule has 0 aliphatic heterocycles. The average Bonchev–Trinajstić information content (AvgIpc) is 2.64. The topological polar surface area (TPSA) is 73.9 Å². The van der Waals surface area contributed by atoms with Crippen LogP contribution in [0.2, 0.25) is 0 Å². The number of carbonyl (C=O) groups excluding carboxylic acids is 2. The Morgan fingerprint density at radius 2 is 1.72 bits per heavy atom. The highest BCUT2D eigenvalue weighted by atomic mass is 16.5. The Kier molecular flexibility index (Phi) is 6.39. The molecule has 0 aromatic heterocycles. The average molecular weight is 343 g/mol. The minimum atomic E-state index is -0.545. The third kappa shape index (κ3) is 5.24. The van der Waals surface area contributed by atoms with Crippen LogP contribution in [-0.2, 0) is 16.1 Å². The first-order valence-electron chi connectivity index (χ1n) is 7.75. The van der Waals surface area contributed by atoms with Gasteiger partial charge in [-0.2, -0.15) is 0 Å². The van der Waals surface area contributed by atoms with Gasteiger partial charge in [-0.1, -0.05) is 12.1 Å². The Hall–Kier alpha value is -3.02. The van der Waals surface area contributed by atoms with Gasteiger partial charge in [-0.25, -0.2) is 4.79 Å². The zero-order valence-electron chi connectivity index (χ0n) is 14.5. The molecule has 132 valence electrons. The molecule has 1 amide bonds. The van der Waals surface area contributed by atoms with E-state index < -0.39 is 5.97 Å². The summed E-state index contributed by atoms with van der Waals surface area (Å²) in [6.07, 6.45) is 0. The van der Waals surface area contributed by atoms with Crippen LogP contribution >= 0.6 is 0 Å². The van der Waals surface area contributed by atoms with Gasteiger partial charge < -0.3 is 19.5 Å². The van der Waals surface area contributed by atoms with E-state index in [1.54, 1.807) is 39.3 Å². The third-order valence-corrected chi connectivity index (χ3v) is 3.61. The number of hydrogen-bond acceptors (Lipinski definition) is 5. The predicted molar refractivity (Wildman–Crippen MR) is 92.9 cm³/mol. The van der Waals surface area contributed by atoms with E-state index in [1.165, 1.54) is 0 Å². The molecule has 6 heteroatoms. The van der Waals surface area contributed by atoms with Crippen molar-refractivity contribution >= 4 is 11.9 Å². The van der Waals surface area contributed by atoms with E-state index in [0.29, 0.717) is 23.6 Å². The van der Waals surface area contributed by atoms with Crippen molar-refractivity contribution in [2.75, 3.05) is 20.8 Å². The first kappa shape index (κ1) is 18.3. The van der Waals surface area contributed by atoms with Gasteiger partial charge in [-0.3, -0.25) is 4.79 Å². The standard InChI is InChI=1S/C19H21NO5/c1-13-9-16(24-3)7-8-17(13)19(22)25-12-18(21)20-11-14-5-4-6-15(10-14)23-2/h4-10H,11-12H2,1-3H3,(H,20,21). The summed E-state index contributed by atoms with van der Waals surface area (Å²) in [7, 11) is 3.14. The minimum Gasteiger partial charge on any atom is -0.497 e. The highest BCUT2D eigenvalue weighted by Crippen LogP contribution is 2.17. The first-order chi connectivity index (χ1) is 12.0. The third-order valence-electron chi connectivity index (χ3n) is 3.61. The van der Waals surface area contributed by atoms with E-state index >= 15 is 0 Å². The van der Waals surface area contributed by atoms with Crippen molar-refractivity contribution in [1.82, 2.24) is 5.32 Å². The number of rotatable bonds is 7. The monoisotopic (exact) mass is 343 g/mol. The Balaban J connectivity index is 1.84. The summed E-state index contributed by atoms with van der Waals surface area (Å²) in [4.78, 5) is 23.9. The van der Waals surface area contributed by atoms with Gasteiger partial charge in [-0.15, -0.1) is 0 Å². The normalized spacial score (nSPS) is 10.0. The summed E-state index contributed by atoms with van der Waals surface area (Å²) < 4.78 is 15.3. The molecule has 0 radical (unpaired) electrons. The Bertz CT molecular complexity index is 757. The molecule has 2 aromatic rings. The molecule has 0 heterocycles. The summed E-state index contributed by atoms with van der Waals surface area (Å²) >= 11 is 0. The van der Waals surface area contributed by atoms with Crippen LogP contribution < -0.4 is 14.8 Å². The lowest BCUT2D eigenvalue weighted by atomic mass is 10.1. The fourth-order valence-electron chi connectivity index (χ4n) is 2.24. The summed E-state index contributed by atoms with van der Waals surface area (Å²) in [5.74, 6) is 0.456. The first-order valence-corrected chi connectivity index (χ1v) is 7.75. The number of nitrogens with one attached hydrogen (secondary N) is 1. The molecule has 2 rings (SSSR count). The largest absolute Gasteiger partial charge is 0.497 e.